The van der Waals surface area contributed by atoms with Crippen LogP contribution in [-0.4, -0.2) is 5.78 Å². The fraction of sp³-hybridized carbons (Fsp3) is 0.300. The third-order valence-corrected chi connectivity index (χ3v) is 1.87. The van der Waals surface area contributed by atoms with Gasteiger partial charge in [0, 0.05) is 10.6 Å². The fourth-order valence-corrected chi connectivity index (χ4v) is 1.19. The largest absolute Gasteiger partial charge is 0.294 e. The van der Waals surface area contributed by atoms with Crippen molar-refractivity contribution in [3.63, 3.8) is 0 Å². The van der Waals surface area contributed by atoms with Crippen molar-refractivity contribution < 1.29 is 4.79 Å². The summed E-state index contributed by atoms with van der Waals surface area (Å²) in [5.41, 5.74) is 0.471. The van der Waals surface area contributed by atoms with E-state index in [0.717, 1.165) is 0 Å². The van der Waals surface area contributed by atoms with Crippen LogP contribution in [0.15, 0.2) is 18.2 Å². The Bertz CT molecular complexity index is 295. The molecule has 0 aliphatic carbocycles. The molecule has 0 radical (unpaired) electrons. The van der Waals surface area contributed by atoms with Gasteiger partial charge in [0.15, 0.2) is 5.78 Å². The number of carbonyl (C=O) groups excluding carboxylic acids is 1. The van der Waals surface area contributed by atoms with E-state index in [0.29, 0.717) is 15.6 Å². The SMILES string of the molecule is CC.CC(=O)c1cc(Cl)ccc1Cl. The van der Waals surface area contributed by atoms with Crippen molar-refractivity contribution in [1.82, 2.24) is 0 Å². The van der Waals surface area contributed by atoms with Crippen LogP contribution >= 0.6 is 23.2 Å². The molecule has 0 saturated heterocycles. The van der Waals surface area contributed by atoms with Crippen LogP contribution in [0.5, 0.6) is 0 Å². The molecule has 0 fully saturated rings. The van der Waals surface area contributed by atoms with Crippen LogP contribution in [-0.2, 0) is 0 Å². The predicted octanol–water partition coefficient (Wildman–Crippen LogP) is 4.22. The van der Waals surface area contributed by atoms with Crippen molar-refractivity contribution in [3.8, 4) is 0 Å². The van der Waals surface area contributed by atoms with Crippen LogP contribution in [0.1, 0.15) is 31.1 Å². The average Bonchev–Trinajstić information content (AvgIpc) is 2.12. The van der Waals surface area contributed by atoms with Crippen LogP contribution in [0, 0.1) is 0 Å². The fourth-order valence-electron chi connectivity index (χ4n) is 0.767. The average molecular weight is 219 g/mol. The highest BCUT2D eigenvalue weighted by Gasteiger charge is 2.04. The van der Waals surface area contributed by atoms with E-state index in [4.69, 9.17) is 23.2 Å². The Morgan fingerprint density at radius 1 is 1.23 bits per heavy atom. The van der Waals surface area contributed by atoms with Gasteiger partial charge < -0.3 is 0 Å². The molecule has 0 aromatic heterocycles. The number of ketones is 1. The molecule has 0 heterocycles. The molecule has 13 heavy (non-hydrogen) atoms. The molecule has 1 nitrogen and oxygen atoms in total. The van der Waals surface area contributed by atoms with Crippen molar-refractivity contribution >= 4 is 29.0 Å². The maximum atomic E-state index is 10.9. The Morgan fingerprint density at radius 3 is 2.15 bits per heavy atom. The van der Waals surface area contributed by atoms with Gasteiger partial charge in [0.1, 0.15) is 0 Å². The smallest absolute Gasteiger partial charge is 0.161 e. The number of hydrogen-bond donors (Lipinski definition) is 0. The van der Waals surface area contributed by atoms with Gasteiger partial charge in [-0.1, -0.05) is 37.0 Å². The number of Topliss-reactive ketones (excluding diaryl/α,β-unsaturated/α-hetero) is 1. The van der Waals surface area contributed by atoms with Gasteiger partial charge in [0.05, 0.1) is 5.02 Å². The maximum absolute atomic E-state index is 10.9. The van der Waals surface area contributed by atoms with Crippen molar-refractivity contribution in [2.24, 2.45) is 0 Å². The first-order valence-electron chi connectivity index (χ1n) is 4.07. The summed E-state index contributed by atoms with van der Waals surface area (Å²) in [5, 5.41) is 0.974. The highest BCUT2D eigenvalue weighted by molar-refractivity contribution is 6.35. The predicted molar refractivity (Wildman–Crippen MR) is 57.8 cm³/mol. The van der Waals surface area contributed by atoms with Gasteiger partial charge in [-0.2, -0.15) is 0 Å². The monoisotopic (exact) mass is 218 g/mol. The minimum absolute atomic E-state index is 0.0718. The summed E-state index contributed by atoms with van der Waals surface area (Å²) >= 11 is 11.4. The quantitative estimate of drug-likeness (QED) is 0.646. The normalized spacial score (nSPS) is 8.69. The molecule has 0 saturated carbocycles. The number of hydrogen-bond acceptors (Lipinski definition) is 1. The lowest BCUT2D eigenvalue weighted by Crippen LogP contribution is -1.92. The van der Waals surface area contributed by atoms with Gasteiger partial charge >= 0.3 is 0 Å². The van der Waals surface area contributed by atoms with E-state index < -0.39 is 0 Å². The number of halogens is 2. The first kappa shape index (κ1) is 12.5. The Morgan fingerprint density at radius 2 is 1.77 bits per heavy atom. The highest BCUT2D eigenvalue weighted by atomic mass is 35.5. The molecule has 0 unspecified atom stereocenters. The van der Waals surface area contributed by atoms with E-state index in [1.807, 2.05) is 13.8 Å². The van der Waals surface area contributed by atoms with Crippen LogP contribution in [0.4, 0.5) is 0 Å². The highest BCUT2D eigenvalue weighted by Crippen LogP contribution is 2.20. The molecule has 3 heteroatoms. The van der Waals surface area contributed by atoms with Crippen molar-refractivity contribution in [2.75, 3.05) is 0 Å². The zero-order valence-corrected chi connectivity index (χ0v) is 9.41. The summed E-state index contributed by atoms with van der Waals surface area (Å²) in [6, 6.07) is 4.82. The van der Waals surface area contributed by atoms with E-state index >= 15 is 0 Å². The lowest BCUT2D eigenvalue weighted by atomic mass is 10.1. The number of carbonyl (C=O) groups is 1. The summed E-state index contributed by atoms with van der Waals surface area (Å²) < 4.78 is 0. The summed E-state index contributed by atoms with van der Waals surface area (Å²) in [7, 11) is 0. The van der Waals surface area contributed by atoms with Crippen molar-refractivity contribution in [2.45, 2.75) is 20.8 Å². The summed E-state index contributed by atoms with van der Waals surface area (Å²) in [5.74, 6) is -0.0718. The maximum Gasteiger partial charge on any atom is 0.161 e. The molecule has 0 bridgehead atoms. The molecular weight excluding hydrogens is 207 g/mol. The molecule has 72 valence electrons. The molecule has 1 aromatic rings. The van der Waals surface area contributed by atoms with E-state index in [1.165, 1.54) is 6.92 Å². The minimum atomic E-state index is -0.0718. The zero-order chi connectivity index (χ0) is 10.4. The Labute approximate surface area is 88.7 Å². The third-order valence-electron chi connectivity index (χ3n) is 1.31. The second-order valence-electron chi connectivity index (χ2n) is 2.18. The summed E-state index contributed by atoms with van der Waals surface area (Å²) in [6.07, 6.45) is 0. The number of benzene rings is 1. The molecule has 1 aromatic carbocycles. The molecular formula is C10H12Cl2O. The van der Waals surface area contributed by atoms with E-state index in [1.54, 1.807) is 18.2 Å². The van der Waals surface area contributed by atoms with Gasteiger partial charge in [-0.05, 0) is 25.1 Å². The topological polar surface area (TPSA) is 17.1 Å². The molecule has 1 rings (SSSR count). The lowest BCUT2D eigenvalue weighted by Gasteiger charge is -1.98. The van der Waals surface area contributed by atoms with Crippen LogP contribution < -0.4 is 0 Å². The summed E-state index contributed by atoms with van der Waals surface area (Å²) in [4.78, 5) is 10.9. The van der Waals surface area contributed by atoms with Crippen molar-refractivity contribution in [1.29, 1.82) is 0 Å². The Balaban J connectivity index is 0.000000671. The van der Waals surface area contributed by atoms with Gasteiger partial charge in [0.25, 0.3) is 0 Å². The van der Waals surface area contributed by atoms with Gasteiger partial charge in [-0.15, -0.1) is 0 Å². The first-order chi connectivity index (χ1) is 6.11. The zero-order valence-electron chi connectivity index (χ0n) is 7.90. The molecule has 0 N–H and O–H groups in total. The van der Waals surface area contributed by atoms with Gasteiger partial charge in [-0.25, -0.2) is 0 Å². The molecule has 0 atom stereocenters. The Hall–Kier alpha value is -0.530. The van der Waals surface area contributed by atoms with Crippen molar-refractivity contribution in [3.05, 3.63) is 33.8 Å². The Kier molecular flexibility index (Phi) is 5.76. The standard InChI is InChI=1S/C8H6Cl2O.C2H6/c1-5(11)7-4-6(9)2-3-8(7)10;1-2/h2-4H,1H3;1-2H3. The van der Waals surface area contributed by atoms with Crippen LogP contribution in [0.25, 0.3) is 0 Å². The second kappa shape index (κ2) is 6.01. The molecule has 0 spiro atoms. The van der Waals surface area contributed by atoms with E-state index in [9.17, 15) is 4.79 Å². The second-order valence-corrected chi connectivity index (χ2v) is 3.02. The third kappa shape index (κ3) is 3.79. The number of rotatable bonds is 1. The van der Waals surface area contributed by atoms with Crippen LogP contribution in [0.3, 0.4) is 0 Å². The van der Waals surface area contributed by atoms with E-state index in [2.05, 4.69) is 0 Å². The first-order valence-corrected chi connectivity index (χ1v) is 4.83. The minimum Gasteiger partial charge on any atom is -0.294 e. The van der Waals surface area contributed by atoms with Gasteiger partial charge in [-0.3, -0.25) is 4.79 Å². The molecule has 0 aliphatic rings. The van der Waals surface area contributed by atoms with Gasteiger partial charge in [0.2, 0.25) is 0 Å². The molecule has 0 amide bonds. The van der Waals surface area contributed by atoms with E-state index in [-0.39, 0.29) is 5.78 Å². The lowest BCUT2D eigenvalue weighted by molar-refractivity contribution is 0.101. The molecule has 0 aliphatic heterocycles. The summed E-state index contributed by atoms with van der Waals surface area (Å²) in [6.45, 7) is 5.46. The van der Waals surface area contributed by atoms with Crippen LogP contribution in [0.2, 0.25) is 10.0 Å².